The van der Waals surface area contributed by atoms with E-state index in [1.807, 2.05) is 31.2 Å². The molecule has 1 aromatic heterocycles. The summed E-state index contributed by atoms with van der Waals surface area (Å²) in [5, 5.41) is 2.16. The molecular weight excluding hydrogens is 372 g/mol. The number of carbonyl (C=O) groups is 2. The van der Waals surface area contributed by atoms with Gasteiger partial charge in [-0.15, -0.1) is 0 Å². The van der Waals surface area contributed by atoms with Gasteiger partial charge >= 0.3 is 0 Å². The molecule has 0 saturated heterocycles. The lowest BCUT2D eigenvalue weighted by Gasteiger charge is -2.08. The molecule has 3 aromatic rings. The van der Waals surface area contributed by atoms with Gasteiger partial charge in [0.1, 0.15) is 10.9 Å². The van der Waals surface area contributed by atoms with Crippen molar-refractivity contribution in [2.45, 2.75) is 11.9 Å². The first kappa shape index (κ1) is 18.2. The van der Waals surface area contributed by atoms with Crippen molar-refractivity contribution in [1.82, 2.24) is 20.8 Å². The number of aromatic nitrogens is 2. The third-order valence-corrected chi connectivity index (χ3v) is 4.69. The van der Waals surface area contributed by atoms with E-state index in [1.54, 1.807) is 24.3 Å². The Balaban J connectivity index is 1.58. The maximum Gasteiger partial charge on any atom is 0.269 e. The molecule has 0 bridgehead atoms. The number of amides is 2. The fraction of sp³-hybridized carbons (Fsp3) is 0.111. The number of fused-ring (bicyclic) bond motifs is 1. The molecule has 0 fully saturated rings. The van der Waals surface area contributed by atoms with Crippen molar-refractivity contribution in [3.8, 4) is 0 Å². The number of benzene rings is 2. The summed E-state index contributed by atoms with van der Waals surface area (Å²) in [7, 11) is 0. The predicted molar refractivity (Wildman–Crippen MR) is 102 cm³/mol. The highest BCUT2D eigenvalue weighted by atomic mass is 35.5. The van der Waals surface area contributed by atoms with Crippen molar-refractivity contribution in [2.24, 2.45) is 0 Å². The van der Waals surface area contributed by atoms with Crippen LogP contribution in [0.4, 0.5) is 0 Å². The summed E-state index contributed by atoms with van der Waals surface area (Å²) < 4.78 is 0. The average Bonchev–Trinajstić information content (AvgIpc) is 2.64. The van der Waals surface area contributed by atoms with Crippen molar-refractivity contribution in [1.29, 1.82) is 0 Å². The van der Waals surface area contributed by atoms with E-state index < -0.39 is 5.91 Å². The molecule has 8 heteroatoms. The Hall–Kier alpha value is -2.64. The summed E-state index contributed by atoms with van der Waals surface area (Å²) in [5.41, 5.74) is 6.00. The number of hydrogen-bond donors (Lipinski definition) is 2. The zero-order valence-electron chi connectivity index (χ0n) is 13.8. The zero-order chi connectivity index (χ0) is 18.5. The van der Waals surface area contributed by atoms with Crippen LogP contribution < -0.4 is 10.9 Å². The van der Waals surface area contributed by atoms with E-state index >= 15 is 0 Å². The smallest absolute Gasteiger partial charge is 0.269 e. The summed E-state index contributed by atoms with van der Waals surface area (Å²) in [5.74, 6) is 0.00472. The Morgan fingerprint density at radius 2 is 1.77 bits per heavy atom. The fourth-order valence-electron chi connectivity index (χ4n) is 2.24. The molecule has 2 N–H and O–H groups in total. The number of rotatable bonds is 4. The zero-order valence-corrected chi connectivity index (χ0v) is 15.4. The van der Waals surface area contributed by atoms with Crippen LogP contribution in [0.3, 0.4) is 0 Å². The van der Waals surface area contributed by atoms with Gasteiger partial charge in [-0.2, -0.15) is 0 Å². The third kappa shape index (κ3) is 4.50. The van der Waals surface area contributed by atoms with Crippen LogP contribution in [-0.4, -0.2) is 27.5 Å². The summed E-state index contributed by atoms with van der Waals surface area (Å²) in [6.07, 6.45) is 0. The number of para-hydroxylation sites is 1. The maximum absolute atomic E-state index is 12.0. The second-order valence-corrected chi connectivity index (χ2v) is 6.79. The van der Waals surface area contributed by atoms with E-state index in [2.05, 4.69) is 20.8 Å². The van der Waals surface area contributed by atoms with Crippen LogP contribution in [0.2, 0.25) is 5.02 Å². The van der Waals surface area contributed by atoms with Gasteiger partial charge in [0, 0.05) is 16.0 Å². The van der Waals surface area contributed by atoms with Gasteiger partial charge in [-0.3, -0.25) is 20.4 Å². The molecule has 0 aliphatic rings. The number of thioether (sulfide) groups is 1. The van der Waals surface area contributed by atoms with Gasteiger partial charge in [0.2, 0.25) is 5.91 Å². The molecule has 0 saturated carbocycles. The number of hydrazine groups is 1. The van der Waals surface area contributed by atoms with E-state index in [9.17, 15) is 9.59 Å². The van der Waals surface area contributed by atoms with E-state index in [0.29, 0.717) is 16.4 Å². The van der Waals surface area contributed by atoms with E-state index in [-0.39, 0.29) is 11.7 Å². The van der Waals surface area contributed by atoms with Gasteiger partial charge in [-0.1, -0.05) is 41.6 Å². The Bertz CT molecular complexity index is 963. The molecule has 2 aromatic carbocycles. The second-order valence-electron chi connectivity index (χ2n) is 5.39. The minimum Gasteiger partial charge on any atom is -0.272 e. The predicted octanol–water partition coefficient (Wildman–Crippen LogP) is 3.14. The monoisotopic (exact) mass is 386 g/mol. The molecular formula is C18H15ClN4O2S. The molecule has 6 nitrogen and oxygen atoms in total. The van der Waals surface area contributed by atoms with Gasteiger partial charge < -0.3 is 0 Å². The van der Waals surface area contributed by atoms with Crippen LogP contribution in [0, 0.1) is 6.92 Å². The van der Waals surface area contributed by atoms with Crippen LogP contribution in [0.1, 0.15) is 16.2 Å². The number of aryl methyl sites for hydroxylation is 1. The van der Waals surface area contributed by atoms with Gasteiger partial charge in [-0.05, 0) is 37.3 Å². The summed E-state index contributed by atoms with van der Waals surface area (Å²) in [4.78, 5) is 32.7. The minimum absolute atomic E-state index is 0.112. The molecule has 0 radical (unpaired) electrons. The van der Waals surface area contributed by atoms with Gasteiger partial charge in [-0.25, -0.2) is 9.97 Å². The van der Waals surface area contributed by atoms with Crippen LogP contribution in [0.25, 0.3) is 10.9 Å². The molecule has 0 unspecified atom stereocenters. The Kier molecular flexibility index (Phi) is 5.70. The molecule has 0 aliphatic carbocycles. The van der Waals surface area contributed by atoms with Gasteiger partial charge in [0.25, 0.3) is 5.91 Å². The fourth-order valence-corrected chi connectivity index (χ4v) is 3.23. The largest absolute Gasteiger partial charge is 0.272 e. The van der Waals surface area contributed by atoms with Gasteiger partial charge in [0.05, 0.1) is 11.3 Å². The Labute approximate surface area is 159 Å². The van der Waals surface area contributed by atoms with Crippen molar-refractivity contribution in [3.63, 3.8) is 0 Å². The first-order chi connectivity index (χ1) is 12.5. The lowest BCUT2D eigenvalue weighted by Crippen LogP contribution is -2.42. The second kappa shape index (κ2) is 8.16. The van der Waals surface area contributed by atoms with Crippen LogP contribution in [-0.2, 0) is 4.79 Å². The molecule has 132 valence electrons. The number of nitrogens with zero attached hydrogens (tertiary/aromatic N) is 2. The van der Waals surface area contributed by atoms with Crippen molar-refractivity contribution in [3.05, 3.63) is 64.9 Å². The molecule has 0 atom stereocenters. The van der Waals surface area contributed by atoms with Crippen LogP contribution in [0.15, 0.2) is 53.6 Å². The number of halogens is 1. The highest BCUT2D eigenvalue weighted by molar-refractivity contribution is 8.00. The first-order valence-electron chi connectivity index (χ1n) is 7.74. The maximum atomic E-state index is 12.0. The topological polar surface area (TPSA) is 84.0 Å². The van der Waals surface area contributed by atoms with E-state index in [0.717, 1.165) is 15.9 Å². The highest BCUT2D eigenvalue weighted by Gasteiger charge is 2.11. The third-order valence-electron chi connectivity index (χ3n) is 3.44. The first-order valence-corrected chi connectivity index (χ1v) is 9.10. The standard InChI is InChI=1S/C18H15ClN4O2S/c1-11-20-15-5-3-2-4-14(15)18(21-11)26-10-16(24)22-23-17(25)12-6-8-13(19)9-7-12/h2-9H,10H2,1H3,(H,22,24)(H,23,25). The summed E-state index contributed by atoms with van der Waals surface area (Å²) in [6.45, 7) is 1.81. The normalized spacial score (nSPS) is 10.5. The van der Waals surface area contributed by atoms with Gasteiger partial charge in [0.15, 0.2) is 0 Å². The Morgan fingerprint density at radius 3 is 2.54 bits per heavy atom. The van der Waals surface area contributed by atoms with E-state index in [1.165, 1.54) is 11.8 Å². The molecule has 1 heterocycles. The Morgan fingerprint density at radius 1 is 1.04 bits per heavy atom. The molecule has 0 spiro atoms. The summed E-state index contributed by atoms with van der Waals surface area (Å²) in [6, 6.07) is 14.0. The number of nitrogens with one attached hydrogen (secondary N) is 2. The lowest BCUT2D eigenvalue weighted by atomic mass is 10.2. The minimum atomic E-state index is -0.414. The molecule has 26 heavy (non-hydrogen) atoms. The quantitative estimate of drug-likeness (QED) is 0.409. The lowest BCUT2D eigenvalue weighted by molar-refractivity contribution is -0.119. The van der Waals surface area contributed by atoms with Crippen molar-refractivity contribution in [2.75, 3.05) is 5.75 Å². The van der Waals surface area contributed by atoms with Crippen LogP contribution >= 0.6 is 23.4 Å². The number of carbonyl (C=O) groups excluding carboxylic acids is 2. The van der Waals surface area contributed by atoms with Crippen molar-refractivity contribution >= 4 is 46.1 Å². The highest BCUT2D eigenvalue weighted by Crippen LogP contribution is 2.24. The average molecular weight is 387 g/mol. The number of hydrogen-bond acceptors (Lipinski definition) is 5. The molecule has 2 amide bonds. The summed E-state index contributed by atoms with van der Waals surface area (Å²) >= 11 is 7.07. The molecule has 0 aliphatic heterocycles. The van der Waals surface area contributed by atoms with Crippen molar-refractivity contribution < 1.29 is 9.59 Å². The van der Waals surface area contributed by atoms with E-state index in [4.69, 9.17) is 11.6 Å². The molecule has 3 rings (SSSR count). The van der Waals surface area contributed by atoms with Crippen LogP contribution in [0.5, 0.6) is 0 Å². The SMILES string of the molecule is Cc1nc(SCC(=O)NNC(=O)c2ccc(Cl)cc2)c2ccccc2n1.